The number of aryl methyl sites for hydroxylation is 1. The molecule has 1 N–H and O–H groups in total. The van der Waals surface area contributed by atoms with Crippen molar-refractivity contribution in [2.24, 2.45) is 0 Å². The van der Waals surface area contributed by atoms with Crippen molar-refractivity contribution >= 4 is 5.91 Å². The summed E-state index contributed by atoms with van der Waals surface area (Å²) in [5, 5.41) is 7.54. The van der Waals surface area contributed by atoms with E-state index in [1.54, 1.807) is 0 Å². The van der Waals surface area contributed by atoms with E-state index in [-0.39, 0.29) is 11.9 Å². The molecule has 0 bridgehead atoms. The SMILES string of the molecule is Cc1cnn(C2CCC(NC(=O)CCOc3ccccc3)CC2)c1. The fourth-order valence-corrected chi connectivity index (χ4v) is 3.20. The summed E-state index contributed by atoms with van der Waals surface area (Å²) < 4.78 is 7.64. The van der Waals surface area contributed by atoms with Crippen LogP contribution in [0.2, 0.25) is 0 Å². The first-order chi connectivity index (χ1) is 11.7. The Hall–Kier alpha value is -2.30. The zero-order valence-electron chi connectivity index (χ0n) is 14.1. The molecule has 2 aromatic rings. The number of aromatic nitrogens is 2. The topological polar surface area (TPSA) is 56.2 Å². The number of amides is 1. The van der Waals surface area contributed by atoms with Crippen LogP contribution in [0.1, 0.15) is 43.7 Å². The summed E-state index contributed by atoms with van der Waals surface area (Å²) in [7, 11) is 0. The summed E-state index contributed by atoms with van der Waals surface area (Å²) in [5.74, 6) is 0.879. The van der Waals surface area contributed by atoms with Gasteiger partial charge in [0.1, 0.15) is 5.75 Å². The number of carbonyl (C=O) groups is 1. The standard InChI is InChI=1S/C19H25N3O2/c1-15-13-20-22(14-15)17-9-7-16(8-10-17)21-19(23)11-12-24-18-5-3-2-4-6-18/h2-6,13-14,16-17H,7-12H2,1H3,(H,21,23). The second-order valence-electron chi connectivity index (χ2n) is 6.48. The number of rotatable bonds is 6. The van der Waals surface area contributed by atoms with Gasteiger partial charge in [0, 0.05) is 12.2 Å². The molecular weight excluding hydrogens is 302 g/mol. The third kappa shape index (κ3) is 4.60. The molecular formula is C19H25N3O2. The molecule has 1 aromatic heterocycles. The Morgan fingerprint density at radius 2 is 2.00 bits per heavy atom. The van der Waals surface area contributed by atoms with E-state index in [0.29, 0.717) is 19.1 Å². The third-order valence-electron chi connectivity index (χ3n) is 4.51. The lowest BCUT2D eigenvalue weighted by molar-refractivity contribution is -0.122. The van der Waals surface area contributed by atoms with Crippen LogP contribution in [0.3, 0.4) is 0 Å². The van der Waals surface area contributed by atoms with Crippen LogP contribution in [0.5, 0.6) is 5.75 Å². The molecule has 24 heavy (non-hydrogen) atoms. The zero-order chi connectivity index (χ0) is 16.8. The normalized spacial score (nSPS) is 20.5. The number of para-hydroxylation sites is 1. The predicted octanol–water partition coefficient (Wildman–Crippen LogP) is 3.26. The summed E-state index contributed by atoms with van der Waals surface area (Å²) in [6.45, 7) is 2.48. The maximum atomic E-state index is 12.0. The molecule has 1 heterocycles. The lowest BCUT2D eigenvalue weighted by Crippen LogP contribution is -2.38. The summed E-state index contributed by atoms with van der Waals surface area (Å²) >= 11 is 0. The van der Waals surface area contributed by atoms with Gasteiger partial charge < -0.3 is 10.1 Å². The molecule has 1 aromatic carbocycles. The quantitative estimate of drug-likeness (QED) is 0.886. The summed E-state index contributed by atoms with van der Waals surface area (Å²) in [6, 6.07) is 10.3. The van der Waals surface area contributed by atoms with Gasteiger partial charge in [-0.25, -0.2) is 0 Å². The molecule has 1 aliphatic rings. The maximum Gasteiger partial charge on any atom is 0.223 e. The Bertz CT molecular complexity index is 646. The van der Waals surface area contributed by atoms with Crippen molar-refractivity contribution in [2.45, 2.75) is 51.1 Å². The fourth-order valence-electron chi connectivity index (χ4n) is 3.20. The van der Waals surface area contributed by atoms with E-state index in [0.717, 1.165) is 31.4 Å². The minimum Gasteiger partial charge on any atom is -0.493 e. The van der Waals surface area contributed by atoms with E-state index in [9.17, 15) is 4.79 Å². The molecule has 0 saturated heterocycles. The molecule has 0 aliphatic heterocycles. The average molecular weight is 327 g/mol. The molecule has 0 atom stereocenters. The maximum absolute atomic E-state index is 12.0. The van der Waals surface area contributed by atoms with Gasteiger partial charge in [-0.15, -0.1) is 0 Å². The first kappa shape index (κ1) is 16.6. The minimum absolute atomic E-state index is 0.0734. The molecule has 0 radical (unpaired) electrons. The Morgan fingerprint density at radius 3 is 2.67 bits per heavy atom. The lowest BCUT2D eigenvalue weighted by atomic mass is 9.91. The predicted molar refractivity (Wildman–Crippen MR) is 93.0 cm³/mol. The Morgan fingerprint density at radius 1 is 1.25 bits per heavy atom. The molecule has 5 nitrogen and oxygen atoms in total. The minimum atomic E-state index is 0.0734. The number of hydrogen-bond acceptors (Lipinski definition) is 3. The second-order valence-corrected chi connectivity index (χ2v) is 6.48. The van der Waals surface area contributed by atoms with Crippen LogP contribution < -0.4 is 10.1 Å². The first-order valence-electron chi connectivity index (χ1n) is 8.68. The van der Waals surface area contributed by atoms with E-state index in [4.69, 9.17) is 4.74 Å². The van der Waals surface area contributed by atoms with Gasteiger partial charge >= 0.3 is 0 Å². The van der Waals surface area contributed by atoms with Crippen molar-refractivity contribution in [3.8, 4) is 5.75 Å². The van der Waals surface area contributed by atoms with E-state index in [1.165, 1.54) is 5.56 Å². The zero-order valence-corrected chi connectivity index (χ0v) is 14.1. The highest BCUT2D eigenvalue weighted by molar-refractivity contribution is 5.76. The van der Waals surface area contributed by atoms with Crippen molar-refractivity contribution in [3.05, 3.63) is 48.3 Å². The summed E-state index contributed by atoms with van der Waals surface area (Å²) in [4.78, 5) is 12.0. The Labute approximate surface area is 143 Å². The van der Waals surface area contributed by atoms with Crippen molar-refractivity contribution in [3.63, 3.8) is 0 Å². The Balaban J connectivity index is 1.35. The monoisotopic (exact) mass is 327 g/mol. The average Bonchev–Trinajstić information content (AvgIpc) is 3.03. The highest BCUT2D eigenvalue weighted by Crippen LogP contribution is 2.28. The van der Waals surface area contributed by atoms with Gasteiger partial charge in [0.25, 0.3) is 0 Å². The number of ether oxygens (including phenoxy) is 1. The van der Waals surface area contributed by atoms with Crippen LogP contribution in [-0.2, 0) is 4.79 Å². The first-order valence-corrected chi connectivity index (χ1v) is 8.68. The number of hydrogen-bond donors (Lipinski definition) is 1. The van der Waals surface area contributed by atoms with Gasteiger partial charge in [0.05, 0.1) is 25.3 Å². The Kier molecular flexibility index (Phi) is 5.51. The molecule has 1 saturated carbocycles. The number of nitrogens with one attached hydrogen (secondary N) is 1. The van der Waals surface area contributed by atoms with Crippen molar-refractivity contribution < 1.29 is 9.53 Å². The van der Waals surface area contributed by atoms with Crippen LogP contribution >= 0.6 is 0 Å². The molecule has 0 spiro atoms. The smallest absolute Gasteiger partial charge is 0.223 e. The van der Waals surface area contributed by atoms with Crippen molar-refractivity contribution in [2.75, 3.05) is 6.61 Å². The van der Waals surface area contributed by atoms with Crippen LogP contribution in [0, 0.1) is 6.92 Å². The molecule has 1 amide bonds. The number of nitrogens with zero attached hydrogens (tertiary/aromatic N) is 2. The third-order valence-corrected chi connectivity index (χ3v) is 4.51. The largest absolute Gasteiger partial charge is 0.493 e. The van der Waals surface area contributed by atoms with E-state index >= 15 is 0 Å². The summed E-state index contributed by atoms with van der Waals surface area (Å²) in [6.07, 6.45) is 8.54. The number of benzene rings is 1. The molecule has 128 valence electrons. The molecule has 1 aliphatic carbocycles. The lowest BCUT2D eigenvalue weighted by Gasteiger charge is -2.29. The van der Waals surface area contributed by atoms with Gasteiger partial charge in [-0.3, -0.25) is 9.48 Å². The molecule has 5 heteroatoms. The van der Waals surface area contributed by atoms with Crippen LogP contribution in [0.25, 0.3) is 0 Å². The van der Waals surface area contributed by atoms with Crippen LogP contribution in [-0.4, -0.2) is 28.3 Å². The number of carbonyl (C=O) groups excluding carboxylic acids is 1. The second kappa shape index (κ2) is 7.99. The van der Waals surface area contributed by atoms with Crippen molar-refractivity contribution in [1.29, 1.82) is 0 Å². The molecule has 0 unspecified atom stereocenters. The molecule has 1 fully saturated rings. The summed E-state index contributed by atoms with van der Waals surface area (Å²) in [5.41, 5.74) is 1.20. The van der Waals surface area contributed by atoms with Gasteiger partial charge in [0.15, 0.2) is 0 Å². The van der Waals surface area contributed by atoms with Gasteiger partial charge in [-0.05, 0) is 50.3 Å². The molecule has 3 rings (SSSR count). The van der Waals surface area contributed by atoms with Gasteiger partial charge in [-0.2, -0.15) is 5.10 Å². The van der Waals surface area contributed by atoms with E-state index in [2.05, 4.69) is 28.2 Å². The van der Waals surface area contributed by atoms with Crippen molar-refractivity contribution in [1.82, 2.24) is 15.1 Å². The van der Waals surface area contributed by atoms with Crippen LogP contribution in [0.15, 0.2) is 42.7 Å². The van der Waals surface area contributed by atoms with Crippen LogP contribution in [0.4, 0.5) is 0 Å². The van der Waals surface area contributed by atoms with Gasteiger partial charge in [0.2, 0.25) is 5.91 Å². The van der Waals surface area contributed by atoms with E-state index in [1.807, 2.05) is 36.5 Å². The van der Waals surface area contributed by atoms with E-state index < -0.39 is 0 Å². The van der Waals surface area contributed by atoms with Gasteiger partial charge in [-0.1, -0.05) is 18.2 Å². The highest BCUT2D eigenvalue weighted by Gasteiger charge is 2.23. The highest BCUT2D eigenvalue weighted by atomic mass is 16.5. The fraction of sp³-hybridized carbons (Fsp3) is 0.474.